The number of aryl methyl sites for hydroxylation is 1. The monoisotopic (exact) mass is 252 g/mol. The van der Waals surface area contributed by atoms with Crippen LogP contribution in [-0.2, 0) is 0 Å². The Labute approximate surface area is 107 Å². The van der Waals surface area contributed by atoms with Gasteiger partial charge in [-0.2, -0.15) is 16.7 Å². The van der Waals surface area contributed by atoms with Crippen LogP contribution in [0.3, 0.4) is 0 Å². The average Bonchev–Trinajstić information content (AvgIpc) is 2.76. The van der Waals surface area contributed by atoms with Crippen LogP contribution < -0.4 is 10.6 Å². The summed E-state index contributed by atoms with van der Waals surface area (Å²) in [7, 11) is 1.85. The molecule has 1 saturated carbocycles. The highest BCUT2D eigenvalue weighted by Crippen LogP contribution is 2.30. The molecule has 1 heterocycles. The minimum absolute atomic E-state index is 0.562. The van der Waals surface area contributed by atoms with Crippen LogP contribution >= 0.6 is 11.8 Å². The van der Waals surface area contributed by atoms with Crippen LogP contribution in [-0.4, -0.2) is 34.6 Å². The van der Waals surface area contributed by atoms with Gasteiger partial charge in [0.05, 0.1) is 0 Å². The molecule has 5 heteroatoms. The molecule has 1 aromatic heterocycles. The first kappa shape index (κ1) is 12.5. The Hall–Kier alpha value is -0.970. The first-order valence-electron chi connectivity index (χ1n) is 6.04. The van der Waals surface area contributed by atoms with E-state index in [0.717, 1.165) is 16.8 Å². The molecule has 1 aliphatic rings. The molecule has 2 unspecified atom stereocenters. The maximum absolute atomic E-state index is 4.43. The number of nitrogens with zero attached hydrogens (tertiary/aromatic N) is 2. The van der Waals surface area contributed by atoms with Crippen molar-refractivity contribution < 1.29 is 0 Å². The third kappa shape index (κ3) is 3.25. The molecule has 0 saturated heterocycles. The Balaban J connectivity index is 2.01. The van der Waals surface area contributed by atoms with Crippen molar-refractivity contribution in [3.05, 3.63) is 11.8 Å². The third-order valence-electron chi connectivity index (χ3n) is 3.15. The van der Waals surface area contributed by atoms with E-state index in [1.807, 2.05) is 31.8 Å². The number of thioether (sulfide) groups is 1. The van der Waals surface area contributed by atoms with E-state index in [2.05, 4.69) is 26.9 Å². The maximum atomic E-state index is 4.43. The summed E-state index contributed by atoms with van der Waals surface area (Å²) < 4.78 is 0. The molecule has 1 aliphatic carbocycles. The summed E-state index contributed by atoms with van der Waals surface area (Å²) >= 11 is 1.97. The highest BCUT2D eigenvalue weighted by atomic mass is 32.2. The molecular formula is C12H20N4S. The van der Waals surface area contributed by atoms with Crippen LogP contribution in [0.1, 0.15) is 25.0 Å². The van der Waals surface area contributed by atoms with Crippen LogP contribution in [0, 0.1) is 6.92 Å². The second kappa shape index (κ2) is 5.58. The van der Waals surface area contributed by atoms with E-state index in [1.165, 1.54) is 19.3 Å². The van der Waals surface area contributed by atoms with Crippen LogP contribution in [0.15, 0.2) is 6.07 Å². The zero-order valence-corrected chi connectivity index (χ0v) is 11.5. The number of hydrogen-bond acceptors (Lipinski definition) is 5. The molecule has 1 aromatic rings. The van der Waals surface area contributed by atoms with Gasteiger partial charge in [0.1, 0.15) is 5.82 Å². The standard InChI is InChI=1S/C12H20N4S/c1-8-6-11(16-12(13-2)14-8)15-9-4-5-10(7-9)17-3/h6,9-10H,4-5,7H2,1-3H3,(H2,13,14,15,16). The quantitative estimate of drug-likeness (QED) is 0.862. The third-order valence-corrected chi connectivity index (χ3v) is 4.24. The SMILES string of the molecule is CNc1nc(C)cc(NC2CCC(SC)C2)n1. The van der Waals surface area contributed by atoms with Gasteiger partial charge in [-0.15, -0.1) is 0 Å². The maximum Gasteiger partial charge on any atom is 0.224 e. The Morgan fingerprint density at radius 2 is 2.18 bits per heavy atom. The zero-order valence-electron chi connectivity index (χ0n) is 10.7. The lowest BCUT2D eigenvalue weighted by atomic mass is 10.2. The number of anilines is 2. The summed E-state index contributed by atoms with van der Waals surface area (Å²) in [6.45, 7) is 1.99. The Bertz CT molecular complexity index is 383. The smallest absolute Gasteiger partial charge is 0.224 e. The lowest BCUT2D eigenvalue weighted by Gasteiger charge is -2.14. The van der Waals surface area contributed by atoms with Gasteiger partial charge in [0.25, 0.3) is 0 Å². The minimum Gasteiger partial charge on any atom is -0.367 e. The summed E-state index contributed by atoms with van der Waals surface area (Å²) in [5.74, 6) is 1.63. The summed E-state index contributed by atoms with van der Waals surface area (Å²) in [4.78, 5) is 8.72. The molecule has 0 bridgehead atoms. The van der Waals surface area contributed by atoms with Gasteiger partial charge in [-0.05, 0) is 32.4 Å². The van der Waals surface area contributed by atoms with Gasteiger partial charge in [0.15, 0.2) is 0 Å². The molecule has 0 aliphatic heterocycles. The molecule has 0 amide bonds. The second-order valence-corrected chi connectivity index (χ2v) is 5.62. The van der Waals surface area contributed by atoms with E-state index in [0.29, 0.717) is 12.0 Å². The fourth-order valence-electron chi connectivity index (χ4n) is 2.25. The van der Waals surface area contributed by atoms with Gasteiger partial charge in [-0.25, -0.2) is 4.98 Å². The Morgan fingerprint density at radius 3 is 2.82 bits per heavy atom. The first-order valence-corrected chi connectivity index (χ1v) is 7.33. The van der Waals surface area contributed by atoms with Crippen molar-refractivity contribution in [3.63, 3.8) is 0 Å². The highest BCUT2D eigenvalue weighted by molar-refractivity contribution is 7.99. The molecule has 4 nitrogen and oxygen atoms in total. The molecule has 2 atom stereocenters. The molecule has 0 aromatic carbocycles. The number of hydrogen-bond donors (Lipinski definition) is 2. The Morgan fingerprint density at radius 1 is 1.35 bits per heavy atom. The predicted molar refractivity (Wildman–Crippen MR) is 74.9 cm³/mol. The minimum atomic E-state index is 0.562. The first-order chi connectivity index (χ1) is 8.21. The lowest BCUT2D eigenvalue weighted by Crippen LogP contribution is -2.17. The van der Waals surface area contributed by atoms with E-state index in [9.17, 15) is 0 Å². The fourth-order valence-corrected chi connectivity index (χ4v) is 3.05. The van der Waals surface area contributed by atoms with Crippen LogP contribution in [0.5, 0.6) is 0 Å². The van der Waals surface area contributed by atoms with Crippen molar-refractivity contribution in [2.24, 2.45) is 0 Å². The predicted octanol–water partition coefficient (Wildman–Crippen LogP) is 2.52. The number of rotatable bonds is 4. The molecule has 0 spiro atoms. The van der Waals surface area contributed by atoms with Gasteiger partial charge in [-0.3, -0.25) is 0 Å². The van der Waals surface area contributed by atoms with Gasteiger partial charge < -0.3 is 10.6 Å². The van der Waals surface area contributed by atoms with Crippen LogP contribution in [0.2, 0.25) is 0 Å². The molecule has 1 fully saturated rings. The Kier molecular flexibility index (Phi) is 4.10. The van der Waals surface area contributed by atoms with E-state index < -0.39 is 0 Å². The molecule has 0 radical (unpaired) electrons. The van der Waals surface area contributed by atoms with Crippen molar-refractivity contribution in [3.8, 4) is 0 Å². The van der Waals surface area contributed by atoms with Gasteiger partial charge in [0, 0.05) is 30.1 Å². The van der Waals surface area contributed by atoms with Crippen LogP contribution in [0.25, 0.3) is 0 Å². The zero-order chi connectivity index (χ0) is 12.3. The van der Waals surface area contributed by atoms with Gasteiger partial charge in [0.2, 0.25) is 5.95 Å². The second-order valence-electron chi connectivity index (χ2n) is 4.48. The van der Waals surface area contributed by atoms with Crippen molar-refractivity contribution in [1.29, 1.82) is 0 Å². The lowest BCUT2D eigenvalue weighted by molar-refractivity contribution is 0.751. The molecular weight excluding hydrogens is 232 g/mol. The largest absolute Gasteiger partial charge is 0.367 e. The van der Waals surface area contributed by atoms with Crippen molar-refractivity contribution in [2.75, 3.05) is 23.9 Å². The fraction of sp³-hybridized carbons (Fsp3) is 0.667. The summed E-state index contributed by atoms with van der Waals surface area (Å²) in [5, 5.41) is 7.31. The van der Waals surface area contributed by atoms with E-state index in [1.54, 1.807) is 0 Å². The number of aromatic nitrogens is 2. The summed E-state index contributed by atoms with van der Waals surface area (Å²) in [6, 6.07) is 2.57. The highest BCUT2D eigenvalue weighted by Gasteiger charge is 2.24. The molecule has 17 heavy (non-hydrogen) atoms. The normalized spacial score (nSPS) is 23.7. The summed E-state index contributed by atoms with van der Waals surface area (Å²) in [6.07, 6.45) is 5.98. The van der Waals surface area contributed by atoms with Crippen molar-refractivity contribution >= 4 is 23.5 Å². The van der Waals surface area contributed by atoms with Gasteiger partial charge >= 0.3 is 0 Å². The van der Waals surface area contributed by atoms with E-state index >= 15 is 0 Å². The number of nitrogens with one attached hydrogen (secondary N) is 2. The summed E-state index contributed by atoms with van der Waals surface area (Å²) in [5.41, 5.74) is 0.992. The van der Waals surface area contributed by atoms with Gasteiger partial charge in [-0.1, -0.05) is 0 Å². The van der Waals surface area contributed by atoms with Crippen molar-refractivity contribution in [2.45, 2.75) is 37.5 Å². The van der Waals surface area contributed by atoms with Crippen LogP contribution in [0.4, 0.5) is 11.8 Å². The molecule has 2 rings (SSSR count). The average molecular weight is 252 g/mol. The van der Waals surface area contributed by atoms with E-state index in [4.69, 9.17) is 0 Å². The molecule has 2 N–H and O–H groups in total. The molecule has 94 valence electrons. The van der Waals surface area contributed by atoms with E-state index in [-0.39, 0.29) is 0 Å². The van der Waals surface area contributed by atoms with Crippen molar-refractivity contribution in [1.82, 2.24) is 9.97 Å². The topological polar surface area (TPSA) is 49.8 Å².